The van der Waals surface area contributed by atoms with Crippen LogP contribution in [0.4, 0.5) is 13.2 Å². The van der Waals surface area contributed by atoms with Gasteiger partial charge in [-0.2, -0.15) is 0 Å². The van der Waals surface area contributed by atoms with Gasteiger partial charge in [0.1, 0.15) is 23.3 Å². The van der Waals surface area contributed by atoms with Crippen molar-refractivity contribution in [2.24, 2.45) is 29.1 Å². The van der Waals surface area contributed by atoms with E-state index in [-0.39, 0.29) is 56.4 Å². The molecule has 1 N–H and O–H groups in total. The standard InChI is InChI=1S/C43H58F3N3O9S/c1-25-10-8-9-11-28-20-43(28,39(53)48-59(54,55)42(24-44)14-15-42)21-34(50)33-18-29(57-37-30-13-12-26(2)17-32(30)35(56-7)22-47-37)23-49(33)38(52)31(27(3)16-25)19-36(51)58-40(4,5)41(6,45)46/h12-13,17,22,25,27-29,31,33H,8-11,14-16,18-21,23-24H2,1-7H3,(H,48,53)/t25-,27+,28+,29+,31-,33-,43+/m0/s1. The minimum atomic E-state index is -4.37. The number of amides is 2. The Kier molecular flexibility index (Phi) is 12.5. The number of halogens is 3. The van der Waals surface area contributed by atoms with E-state index in [1.54, 1.807) is 0 Å². The molecule has 2 amide bonds. The second-order valence-electron chi connectivity index (χ2n) is 18.4. The zero-order valence-electron chi connectivity index (χ0n) is 35.1. The molecule has 4 fully saturated rings. The van der Waals surface area contributed by atoms with Crippen molar-refractivity contribution < 1.29 is 55.0 Å². The number of carbonyl (C=O) groups is 4. The second kappa shape index (κ2) is 16.5. The largest absolute Gasteiger partial charge is 0.494 e. The number of hydrogen-bond acceptors (Lipinski definition) is 10. The molecule has 4 aliphatic rings. The van der Waals surface area contributed by atoms with Crippen LogP contribution in [0.25, 0.3) is 10.8 Å². The first-order valence-electron chi connectivity index (χ1n) is 20.7. The highest BCUT2D eigenvalue weighted by Crippen LogP contribution is 2.59. The van der Waals surface area contributed by atoms with Crippen molar-refractivity contribution in [1.29, 1.82) is 0 Å². The lowest BCUT2D eigenvalue weighted by molar-refractivity contribution is -0.197. The summed E-state index contributed by atoms with van der Waals surface area (Å²) in [6, 6.07) is 4.50. The molecule has 2 saturated carbocycles. The van der Waals surface area contributed by atoms with E-state index in [9.17, 15) is 40.8 Å². The summed E-state index contributed by atoms with van der Waals surface area (Å²) in [6.07, 6.45) is 3.59. The van der Waals surface area contributed by atoms with Crippen molar-refractivity contribution in [1.82, 2.24) is 14.6 Å². The Labute approximate surface area is 344 Å². The normalized spacial score (nSPS) is 29.1. The zero-order chi connectivity index (χ0) is 43.3. The number of pyridine rings is 1. The summed E-state index contributed by atoms with van der Waals surface area (Å²) in [5.74, 6) is -7.18. The van der Waals surface area contributed by atoms with E-state index < -0.39 is 92.4 Å². The molecule has 2 aliphatic heterocycles. The number of ketones is 1. The summed E-state index contributed by atoms with van der Waals surface area (Å²) in [7, 11) is -2.84. The summed E-state index contributed by atoms with van der Waals surface area (Å²) in [5, 5.41) is 1.37. The van der Waals surface area contributed by atoms with Crippen LogP contribution in [0.5, 0.6) is 11.6 Å². The van der Waals surface area contributed by atoms with Crippen molar-refractivity contribution in [3.63, 3.8) is 0 Å². The Morgan fingerprint density at radius 1 is 1.05 bits per heavy atom. The average Bonchev–Trinajstić information content (AvgIpc) is 4.06. The molecule has 3 heterocycles. The van der Waals surface area contributed by atoms with Gasteiger partial charge in [-0.25, -0.2) is 26.6 Å². The molecular formula is C43H58F3N3O9S. The monoisotopic (exact) mass is 849 g/mol. The van der Waals surface area contributed by atoms with Crippen LogP contribution in [0.15, 0.2) is 24.4 Å². The SMILES string of the molecule is COc1cnc(O[C@@H]2C[C@H]3C(=O)C[C@]4(C(=O)NS(=O)(=O)C5(CF)CC5)C[C@H]4CCCC[C@H](C)C[C@@H](C)[C@H](CC(=O)OC(C)(C)C(C)(F)F)C(=O)N3C2)c2ccc(C)cc12. The molecule has 2 saturated heterocycles. The number of Topliss-reactive ketones (excluding diaryl/α,β-unsaturated/α-hetero) is 1. The van der Waals surface area contributed by atoms with Crippen LogP contribution in [-0.2, 0) is 33.9 Å². The molecule has 0 bridgehead atoms. The number of rotatable bonds is 11. The first kappa shape index (κ1) is 44.6. The molecule has 2 aliphatic carbocycles. The Morgan fingerprint density at radius 2 is 1.75 bits per heavy atom. The van der Waals surface area contributed by atoms with Crippen LogP contribution in [0, 0.1) is 36.0 Å². The molecule has 0 spiro atoms. The summed E-state index contributed by atoms with van der Waals surface area (Å²) >= 11 is 0. The lowest BCUT2D eigenvalue weighted by Gasteiger charge is -2.34. The summed E-state index contributed by atoms with van der Waals surface area (Å²) < 4.78 is 87.1. The molecule has 326 valence electrons. The lowest BCUT2D eigenvalue weighted by atomic mass is 9.81. The number of aryl methyl sites for hydroxylation is 1. The highest BCUT2D eigenvalue weighted by molar-refractivity contribution is 7.91. The topological polar surface area (TPSA) is 158 Å². The summed E-state index contributed by atoms with van der Waals surface area (Å²) in [4.78, 5) is 63.0. The van der Waals surface area contributed by atoms with Gasteiger partial charge in [-0.05, 0) is 82.8 Å². The Bertz CT molecular complexity index is 2070. The van der Waals surface area contributed by atoms with Crippen LogP contribution in [0.1, 0.15) is 111 Å². The third-order valence-corrected chi connectivity index (χ3v) is 15.6. The third kappa shape index (κ3) is 9.07. The minimum absolute atomic E-state index is 0.00565. The fourth-order valence-corrected chi connectivity index (χ4v) is 10.4. The number of sulfonamides is 1. The van der Waals surface area contributed by atoms with E-state index >= 15 is 0 Å². The van der Waals surface area contributed by atoms with Gasteiger partial charge in [-0.15, -0.1) is 0 Å². The average molecular weight is 850 g/mol. The van der Waals surface area contributed by atoms with Crippen LogP contribution in [0.3, 0.4) is 0 Å². The van der Waals surface area contributed by atoms with E-state index in [2.05, 4.69) is 9.71 Å². The maximum absolute atomic E-state index is 14.9. The first-order valence-corrected chi connectivity index (χ1v) is 22.2. The van der Waals surface area contributed by atoms with Crippen molar-refractivity contribution in [2.45, 2.75) is 141 Å². The highest BCUT2D eigenvalue weighted by atomic mass is 32.2. The molecule has 16 heteroatoms. The molecule has 59 heavy (non-hydrogen) atoms. The van der Waals surface area contributed by atoms with Crippen LogP contribution >= 0.6 is 0 Å². The van der Waals surface area contributed by atoms with Crippen molar-refractivity contribution in [2.75, 3.05) is 20.3 Å². The molecule has 7 atom stereocenters. The maximum atomic E-state index is 14.9. The predicted octanol–water partition coefficient (Wildman–Crippen LogP) is 7.03. The second-order valence-corrected chi connectivity index (χ2v) is 20.5. The van der Waals surface area contributed by atoms with Gasteiger partial charge in [0.15, 0.2) is 11.4 Å². The van der Waals surface area contributed by atoms with Crippen molar-refractivity contribution in [3.05, 3.63) is 30.0 Å². The Balaban J connectivity index is 1.35. The Morgan fingerprint density at radius 3 is 2.39 bits per heavy atom. The number of fused-ring (bicyclic) bond motifs is 3. The number of nitrogens with one attached hydrogen (secondary N) is 1. The number of hydrogen-bond donors (Lipinski definition) is 1. The van der Waals surface area contributed by atoms with Gasteiger partial charge in [0.25, 0.3) is 5.92 Å². The molecule has 0 unspecified atom stereocenters. The van der Waals surface area contributed by atoms with E-state index in [0.717, 1.165) is 37.6 Å². The summed E-state index contributed by atoms with van der Waals surface area (Å²) in [6.45, 7) is 7.43. The molecule has 6 rings (SSSR count). The fraction of sp³-hybridized carbons (Fsp3) is 0.698. The molecule has 2 aromatic rings. The lowest BCUT2D eigenvalue weighted by Crippen LogP contribution is -2.49. The summed E-state index contributed by atoms with van der Waals surface area (Å²) in [5.41, 5.74) is -2.57. The van der Waals surface area contributed by atoms with E-state index in [0.29, 0.717) is 37.3 Å². The number of alkyl halides is 3. The predicted molar refractivity (Wildman–Crippen MR) is 213 cm³/mol. The molecule has 1 aromatic heterocycles. The van der Waals surface area contributed by atoms with Crippen molar-refractivity contribution in [3.8, 4) is 11.6 Å². The van der Waals surface area contributed by atoms with Gasteiger partial charge in [0.2, 0.25) is 27.7 Å². The number of ether oxygens (including phenoxy) is 3. The number of aromatic nitrogens is 1. The smallest absolute Gasteiger partial charge is 0.307 e. The van der Waals surface area contributed by atoms with E-state index in [4.69, 9.17) is 14.2 Å². The molecule has 12 nitrogen and oxygen atoms in total. The first-order chi connectivity index (χ1) is 27.6. The number of benzene rings is 1. The van der Waals surface area contributed by atoms with E-state index in [1.165, 1.54) is 18.2 Å². The maximum Gasteiger partial charge on any atom is 0.307 e. The van der Waals surface area contributed by atoms with Gasteiger partial charge >= 0.3 is 5.97 Å². The van der Waals surface area contributed by atoms with Gasteiger partial charge in [-0.3, -0.25) is 23.9 Å². The minimum Gasteiger partial charge on any atom is -0.494 e. The van der Waals surface area contributed by atoms with Crippen molar-refractivity contribution >= 4 is 44.4 Å². The number of nitrogens with zero attached hydrogens (tertiary/aromatic N) is 2. The fourth-order valence-electron chi connectivity index (χ4n) is 9.00. The molecule has 0 radical (unpaired) electrons. The van der Waals surface area contributed by atoms with Crippen LogP contribution in [0.2, 0.25) is 0 Å². The zero-order valence-corrected chi connectivity index (χ0v) is 35.9. The number of carbonyl (C=O) groups excluding carboxylic acids is 4. The van der Waals surface area contributed by atoms with E-state index in [1.807, 2.05) is 39.0 Å². The van der Waals surface area contributed by atoms with Gasteiger partial charge in [0.05, 0.1) is 43.6 Å². The van der Waals surface area contributed by atoms with Gasteiger partial charge in [-0.1, -0.05) is 44.7 Å². The van der Waals surface area contributed by atoms with Crippen LogP contribution in [-0.4, -0.2) is 90.6 Å². The van der Waals surface area contributed by atoms with Gasteiger partial charge in [0, 0.05) is 30.5 Å². The van der Waals surface area contributed by atoms with Gasteiger partial charge < -0.3 is 19.1 Å². The number of methoxy groups -OCH3 is 1. The highest BCUT2D eigenvalue weighted by Gasteiger charge is 2.64. The molecular weight excluding hydrogens is 792 g/mol. The third-order valence-electron chi connectivity index (χ3n) is 13.5. The van der Waals surface area contributed by atoms with Crippen LogP contribution < -0.4 is 14.2 Å². The quantitative estimate of drug-likeness (QED) is 0.233. The Hall–Kier alpha value is -3.95. The number of esters is 1. The molecule has 1 aromatic carbocycles.